The first kappa shape index (κ1) is 41.9. The van der Waals surface area contributed by atoms with E-state index in [1.165, 1.54) is 16.2 Å². The molecule has 17 heteroatoms. The summed E-state index contributed by atoms with van der Waals surface area (Å²) in [6.07, 6.45) is 9.62. The van der Waals surface area contributed by atoms with Gasteiger partial charge >= 0.3 is 6.03 Å². The highest BCUT2D eigenvalue weighted by atomic mass is 32.2. The number of fused-ring (bicyclic) bond motifs is 3. The summed E-state index contributed by atoms with van der Waals surface area (Å²) < 4.78 is 40.7. The molecule has 2 saturated carbocycles. The third-order valence-corrected chi connectivity index (χ3v) is 15.2. The molecule has 60 heavy (non-hydrogen) atoms. The van der Waals surface area contributed by atoms with Gasteiger partial charge in [0.25, 0.3) is 5.91 Å². The molecule has 5 atom stereocenters. The molecule has 4 fully saturated rings. The van der Waals surface area contributed by atoms with Crippen LogP contribution in [0.2, 0.25) is 0 Å². The number of methoxy groups -OCH3 is 1. The molecule has 0 unspecified atom stereocenters. The number of likely N-dealkylation sites (tertiary alicyclic amines) is 1. The molecule has 0 radical (unpaired) electrons. The van der Waals surface area contributed by atoms with E-state index >= 15 is 0 Å². The van der Waals surface area contributed by atoms with Crippen molar-refractivity contribution in [2.45, 2.75) is 126 Å². The van der Waals surface area contributed by atoms with E-state index in [1.807, 2.05) is 42.7 Å². The van der Waals surface area contributed by atoms with E-state index in [4.69, 9.17) is 19.4 Å². The van der Waals surface area contributed by atoms with Gasteiger partial charge in [-0.15, -0.1) is 11.3 Å². The maximum Gasteiger partial charge on any atom is 0.318 e. The monoisotopic (exact) mass is 861 g/mol. The molecular formula is C43H55N7O8S2. The van der Waals surface area contributed by atoms with Gasteiger partial charge in [0, 0.05) is 47.8 Å². The molecule has 2 aliphatic carbocycles. The van der Waals surface area contributed by atoms with Crippen LogP contribution >= 0.6 is 11.3 Å². The number of sulfonamides is 1. The molecule has 3 N–H and O–H groups in total. The summed E-state index contributed by atoms with van der Waals surface area (Å²) in [6, 6.07) is 3.28. The fraction of sp³-hybridized carbons (Fsp3) is 0.581. The van der Waals surface area contributed by atoms with Gasteiger partial charge in [-0.05, 0) is 76.3 Å². The van der Waals surface area contributed by atoms with Crippen LogP contribution in [0.15, 0.2) is 35.7 Å². The lowest BCUT2D eigenvalue weighted by Crippen LogP contribution is -2.58. The number of ether oxygens (including phenoxy) is 2. The van der Waals surface area contributed by atoms with Crippen molar-refractivity contribution in [2.75, 3.05) is 26.7 Å². The van der Waals surface area contributed by atoms with Crippen LogP contribution in [0.1, 0.15) is 102 Å². The predicted octanol–water partition coefficient (Wildman–Crippen LogP) is 5.32. The van der Waals surface area contributed by atoms with Gasteiger partial charge in [0.05, 0.1) is 30.1 Å². The molecule has 3 aliphatic heterocycles. The molecule has 5 aliphatic rings. The van der Waals surface area contributed by atoms with Crippen LogP contribution in [0.5, 0.6) is 11.5 Å². The molecule has 1 aromatic carbocycles. The zero-order valence-electron chi connectivity index (χ0n) is 34.7. The van der Waals surface area contributed by atoms with Crippen molar-refractivity contribution in [3.8, 4) is 22.2 Å². The molecule has 15 nitrogen and oxygen atoms in total. The summed E-state index contributed by atoms with van der Waals surface area (Å²) >= 11 is 1.49. The average Bonchev–Trinajstić information content (AvgIpc) is 3.95. The minimum absolute atomic E-state index is 0.0224. The molecule has 5 amide bonds. The summed E-state index contributed by atoms with van der Waals surface area (Å²) in [6.45, 7) is 7.33. The number of pyridine rings is 1. The van der Waals surface area contributed by atoms with Crippen LogP contribution in [0.4, 0.5) is 4.79 Å². The van der Waals surface area contributed by atoms with Crippen LogP contribution in [-0.2, 0) is 24.4 Å². The number of nitrogens with one attached hydrogen (secondary N) is 3. The summed E-state index contributed by atoms with van der Waals surface area (Å²) in [7, 11) is -2.29. The Kier molecular flexibility index (Phi) is 11.8. The number of hydrogen-bond acceptors (Lipinski definition) is 11. The number of aromatic nitrogens is 2. The van der Waals surface area contributed by atoms with E-state index in [-0.39, 0.29) is 31.3 Å². The Labute approximate surface area is 355 Å². The molecule has 322 valence electrons. The lowest BCUT2D eigenvalue weighted by atomic mass is 10.0. The number of carbonyl (C=O) groups is 4. The highest BCUT2D eigenvalue weighted by Crippen LogP contribution is 2.46. The van der Waals surface area contributed by atoms with Crippen molar-refractivity contribution in [1.29, 1.82) is 0 Å². The van der Waals surface area contributed by atoms with Gasteiger partial charge in [-0.2, -0.15) is 0 Å². The molecule has 0 spiro atoms. The van der Waals surface area contributed by atoms with Crippen LogP contribution in [0.3, 0.4) is 0 Å². The van der Waals surface area contributed by atoms with Gasteiger partial charge in [0.1, 0.15) is 45.9 Å². The number of thiazole rings is 1. The Morgan fingerprint density at radius 3 is 2.53 bits per heavy atom. The SMILES string of the molecule is COc1ccc2c(O[C@@H]3C[C@H]4C(=O)N[C@]5(C(=O)NS(=O)(=O)C6CC6)C[C@H]5/C=C\CCCCC[C@H](NC(=O)N5CCCC5)C(=O)N4C3)cc(-c3nc(C(C)C)cs3)nc2c1C. The number of hydrogen-bond donors (Lipinski definition) is 3. The lowest BCUT2D eigenvalue weighted by Gasteiger charge is -2.30. The van der Waals surface area contributed by atoms with E-state index in [9.17, 15) is 27.6 Å². The van der Waals surface area contributed by atoms with Crippen molar-refractivity contribution in [1.82, 2.24) is 35.1 Å². The van der Waals surface area contributed by atoms with Crippen LogP contribution in [0, 0.1) is 12.8 Å². The number of aryl methyl sites for hydroxylation is 1. The molecular weight excluding hydrogens is 807 g/mol. The molecule has 2 aromatic heterocycles. The van der Waals surface area contributed by atoms with E-state index in [1.54, 1.807) is 12.0 Å². The number of nitrogens with zero attached hydrogens (tertiary/aromatic N) is 4. The van der Waals surface area contributed by atoms with Crippen molar-refractivity contribution in [2.24, 2.45) is 5.92 Å². The molecule has 2 saturated heterocycles. The number of allylic oxidation sites excluding steroid dienone is 1. The third-order valence-electron chi connectivity index (χ3n) is 12.5. The van der Waals surface area contributed by atoms with Crippen molar-refractivity contribution < 1.29 is 37.1 Å². The number of urea groups is 1. The van der Waals surface area contributed by atoms with Crippen molar-refractivity contribution in [3.63, 3.8) is 0 Å². The lowest BCUT2D eigenvalue weighted by molar-refractivity contribution is -0.141. The summed E-state index contributed by atoms with van der Waals surface area (Å²) in [5.74, 6) is -0.815. The van der Waals surface area contributed by atoms with Gasteiger partial charge < -0.3 is 29.9 Å². The maximum absolute atomic E-state index is 14.8. The Morgan fingerprint density at radius 2 is 1.82 bits per heavy atom. The second kappa shape index (κ2) is 16.9. The van der Waals surface area contributed by atoms with Crippen molar-refractivity contribution in [3.05, 3.63) is 47.0 Å². The summed E-state index contributed by atoms with van der Waals surface area (Å²) in [4.78, 5) is 69.9. The summed E-state index contributed by atoms with van der Waals surface area (Å²) in [5, 5.41) is 8.78. The van der Waals surface area contributed by atoms with Gasteiger partial charge in [-0.1, -0.05) is 38.8 Å². The first-order chi connectivity index (χ1) is 28.8. The standard InChI is InChI=1S/C43H55N7O8S2/c1-25(2)33-24-59-39(45-33)32-21-36(30-16-17-35(57-4)26(3)37(30)44-32)58-28-20-34-38(51)47-43(41(53)48-60(55,56)29-14-15-29)22-27(43)12-8-6-5-7-9-13-31(40(52)50(34)23-28)46-42(54)49-18-10-11-19-49/h8,12,16-17,21,24-25,27-29,31,34H,5-7,9-11,13-15,18-20,22-23H2,1-4H3,(H,46,54)(H,47,51)(H,48,53)/b12-8-/t27-,28-,31+,34+,43-/m1/s1. The number of rotatable bonds is 9. The zero-order valence-corrected chi connectivity index (χ0v) is 36.3. The van der Waals surface area contributed by atoms with E-state index in [0.717, 1.165) is 41.9 Å². The van der Waals surface area contributed by atoms with Gasteiger partial charge in [-0.25, -0.2) is 23.2 Å². The Bertz CT molecular complexity index is 2300. The average molecular weight is 862 g/mol. The van der Waals surface area contributed by atoms with Crippen molar-refractivity contribution >= 4 is 56.0 Å². The third kappa shape index (κ3) is 8.56. The molecule has 8 rings (SSSR count). The topological polar surface area (TPSA) is 189 Å². The molecule has 0 bridgehead atoms. The largest absolute Gasteiger partial charge is 0.496 e. The normalized spacial score (nSPS) is 26.8. The Hall–Kier alpha value is -4.77. The number of carbonyl (C=O) groups excluding carboxylic acids is 4. The fourth-order valence-corrected chi connectivity index (χ4v) is 11.0. The predicted molar refractivity (Wildman–Crippen MR) is 227 cm³/mol. The van der Waals surface area contributed by atoms with Gasteiger partial charge in [0.15, 0.2) is 0 Å². The van der Waals surface area contributed by atoms with E-state index in [0.29, 0.717) is 73.3 Å². The Morgan fingerprint density at radius 1 is 1.03 bits per heavy atom. The maximum atomic E-state index is 14.8. The van der Waals surface area contributed by atoms with E-state index in [2.05, 4.69) is 29.2 Å². The second-order valence-electron chi connectivity index (χ2n) is 17.2. The second-order valence-corrected chi connectivity index (χ2v) is 20.0. The smallest absolute Gasteiger partial charge is 0.318 e. The molecule has 5 heterocycles. The summed E-state index contributed by atoms with van der Waals surface area (Å²) in [5.41, 5.74) is 1.54. The van der Waals surface area contributed by atoms with Crippen LogP contribution in [0.25, 0.3) is 21.6 Å². The molecule has 3 aromatic rings. The first-order valence-corrected chi connectivity index (χ1v) is 23.7. The first-order valence-electron chi connectivity index (χ1n) is 21.3. The van der Waals surface area contributed by atoms with Gasteiger partial charge in [-0.3, -0.25) is 19.1 Å². The van der Waals surface area contributed by atoms with Crippen LogP contribution in [-0.4, -0.2) is 108 Å². The van der Waals surface area contributed by atoms with Gasteiger partial charge in [0.2, 0.25) is 21.8 Å². The minimum atomic E-state index is -3.90. The number of amides is 5. The quantitative estimate of drug-likeness (QED) is 0.238. The highest BCUT2D eigenvalue weighted by molar-refractivity contribution is 7.91. The zero-order chi connectivity index (χ0) is 42.3. The highest BCUT2D eigenvalue weighted by Gasteiger charge is 2.62. The Balaban J connectivity index is 1.14. The number of benzene rings is 1. The fourth-order valence-electron chi connectivity index (χ4n) is 8.66. The van der Waals surface area contributed by atoms with Crippen LogP contribution < -0.4 is 24.8 Å². The minimum Gasteiger partial charge on any atom is -0.496 e. The van der Waals surface area contributed by atoms with E-state index < -0.39 is 62.6 Å².